The van der Waals surface area contributed by atoms with Gasteiger partial charge in [0.2, 0.25) is 0 Å². The summed E-state index contributed by atoms with van der Waals surface area (Å²) < 4.78 is 53.7. The summed E-state index contributed by atoms with van der Waals surface area (Å²) in [6, 6.07) is 2.38. The number of rotatable bonds is 2. The minimum atomic E-state index is -4.51. The van der Waals surface area contributed by atoms with Crippen molar-refractivity contribution in [3.05, 3.63) is 47.8 Å². The van der Waals surface area contributed by atoms with E-state index in [1.807, 2.05) is 0 Å². The molecule has 7 heteroatoms. The molecule has 0 amide bonds. The maximum absolute atomic E-state index is 14.0. The van der Waals surface area contributed by atoms with Crippen molar-refractivity contribution in [3.63, 3.8) is 0 Å². The molecule has 1 aliphatic heterocycles. The van der Waals surface area contributed by atoms with Gasteiger partial charge in [-0.1, -0.05) is 0 Å². The second-order valence-electron chi connectivity index (χ2n) is 5.00. The first-order chi connectivity index (χ1) is 9.97. The lowest BCUT2D eigenvalue weighted by Gasteiger charge is -2.16. The van der Waals surface area contributed by atoms with Crippen molar-refractivity contribution in [2.24, 2.45) is 0 Å². The Morgan fingerprint density at radius 2 is 2.10 bits per heavy atom. The molecule has 21 heavy (non-hydrogen) atoms. The number of hydrogen-bond acceptors (Lipinski definition) is 2. The van der Waals surface area contributed by atoms with Crippen LogP contribution in [-0.2, 0) is 6.18 Å². The van der Waals surface area contributed by atoms with Crippen LogP contribution in [0.3, 0.4) is 0 Å². The number of benzene rings is 1. The SMILES string of the molecule is Fc1ccc(C(F)(F)F)cc1-n1cncc1C1CCCN1. The Morgan fingerprint density at radius 3 is 2.76 bits per heavy atom. The van der Waals surface area contributed by atoms with E-state index in [0.29, 0.717) is 5.69 Å². The predicted octanol–water partition coefficient (Wildman–Crippen LogP) is 3.45. The zero-order valence-corrected chi connectivity index (χ0v) is 11.0. The molecule has 112 valence electrons. The summed E-state index contributed by atoms with van der Waals surface area (Å²) >= 11 is 0. The number of imidazole rings is 1. The van der Waals surface area contributed by atoms with Crippen LogP contribution in [0.5, 0.6) is 0 Å². The summed E-state index contributed by atoms with van der Waals surface area (Å²) in [7, 11) is 0. The van der Waals surface area contributed by atoms with Crippen LogP contribution < -0.4 is 5.32 Å². The minimum absolute atomic E-state index is 0.0126. The molecule has 0 bridgehead atoms. The number of nitrogens with one attached hydrogen (secondary N) is 1. The highest BCUT2D eigenvalue weighted by Gasteiger charge is 2.32. The second kappa shape index (κ2) is 5.14. The topological polar surface area (TPSA) is 29.9 Å². The maximum Gasteiger partial charge on any atom is 0.416 e. The van der Waals surface area contributed by atoms with Gasteiger partial charge in [-0.15, -0.1) is 0 Å². The number of hydrogen-bond donors (Lipinski definition) is 1. The molecule has 3 nitrogen and oxygen atoms in total. The molecule has 1 aromatic carbocycles. The first kappa shape index (κ1) is 14.1. The number of aromatic nitrogens is 2. The predicted molar refractivity (Wildman–Crippen MR) is 68.5 cm³/mol. The van der Waals surface area contributed by atoms with Crippen molar-refractivity contribution in [1.82, 2.24) is 14.9 Å². The molecular formula is C14H13F4N3. The molecular weight excluding hydrogens is 286 g/mol. The van der Waals surface area contributed by atoms with E-state index >= 15 is 0 Å². The maximum atomic E-state index is 14.0. The Morgan fingerprint density at radius 1 is 1.29 bits per heavy atom. The third-order valence-corrected chi connectivity index (χ3v) is 3.62. The van der Waals surface area contributed by atoms with Gasteiger partial charge >= 0.3 is 6.18 Å². The van der Waals surface area contributed by atoms with Gasteiger partial charge in [0.05, 0.1) is 29.5 Å². The van der Waals surface area contributed by atoms with Gasteiger partial charge in [-0.3, -0.25) is 4.57 Å². The first-order valence-electron chi connectivity index (χ1n) is 6.59. The van der Waals surface area contributed by atoms with Crippen LogP contribution >= 0.6 is 0 Å². The number of halogens is 4. The van der Waals surface area contributed by atoms with E-state index in [9.17, 15) is 17.6 Å². The molecule has 0 radical (unpaired) electrons. The molecule has 0 spiro atoms. The van der Waals surface area contributed by atoms with Gasteiger partial charge in [-0.2, -0.15) is 13.2 Å². The fourth-order valence-corrected chi connectivity index (χ4v) is 2.57. The lowest BCUT2D eigenvalue weighted by molar-refractivity contribution is -0.137. The van der Waals surface area contributed by atoms with Crippen molar-refractivity contribution in [3.8, 4) is 5.69 Å². The van der Waals surface area contributed by atoms with E-state index in [-0.39, 0.29) is 11.7 Å². The van der Waals surface area contributed by atoms with Gasteiger partial charge in [0.15, 0.2) is 0 Å². The first-order valence-corrected chi connectivity index (χ1v) is 6.59. The summed E-state index contributed by atoms with van der Waals surface area (Å²) in [6.07, 6.45) is 0.221. The van der Waals surface area contributed by atoms with Crippen molar-refractivity contribution in [2.75, 3.05) is 6.54 Å². The molecule has 3 rings (SSSR count). The summed E-state index contributed by atoms with van der Waals surface area (Å²) in [5.74, 6) is -0.708. The molecule has 2 aromatic rings. The van der Waals surface area contributed by atoms with Gasteiger partial charge in [0, 0.05) is 6.04 Å². The highest BCUT2D eigenvalue weighted by atomic mass is 19.4. The zero-order chi connectivity index (χ0) is 15.0. The van der Waals surface area contributed by atoms with E-state index in [2.05, 4.69) is 10.3 Å². The molecule has 1 saturated heterocycles. The van der Waals surface area contributed by atoms with Gasteiger partial charge in [-0.25, -0.2) is 9.37 Å². The van der Waals surface area contributed by atoms with Crippen LogP contribution in [0.4, 0.5) is 17.6 Å². The molecule has 2 heterocycles. The minimum Gasteiger partial charge on any atom is -0.309 e. The molecule has 1 fully saturated rings. The Kier molecular flexibility index (Phi) is 3.44. The second-order valence-corrected chi connectivity index (χ2v) is 5.00. The fourth-order valence-electron chi connectivity index (χ4n) is 2.57. The number of alkyl halides is 3. The van der Waals surface area contributed by atoms with Crippen LogP contribution in [0.1, 0.15) is 30.1 Å². The Hall–Kier alpha value is -1.89. The summed E-state index contributed by atoms with van der Waals surface area (Å²) in [4.78, 5) is 3.95. The third-order valence-electron chi connectivity index (χ3n) is 3.62. The van der Waals surface area contributed by atoms with Crippen LogP contribution in [-0.4, -0.2) is 16.1 Å². The Bertz CT molecular complexity index is 642. The van der Waals surface area contributed by atoms with Crippen LogP contribution in [0.2, 0.25) is 0 Å². The van der Waals surface area contributed by atoms with Crippen LogP contribution in [0.15, 0.2) is 30.7 Å². The Balaban J connectivity index is 2.06. The molecule has 1 unspecified atom stereocenters. The average Bonchev–Trinajstić information content (AvgIpc) is 3.08. The largest absolute Gasteiger partial charge is 0.416 e. The lowest BCUT2D eigenvalue weighted by atomic mass is 10.1. The average molecular weight is 299 g/mol. The smallest absolute Gasteiger partial charge is 0.309 e. The van der Waals surface area contributed by atoms with Gasteiger partial charge < -0.3 is 5.32 Å². The molecule has 0 aliphatic carbocycles. The van der Waals surface area contributed by atoms with E-state index in [1.54, 1.807) is 6.20 Å². The molecule has 0 saturated carbocycles. The summed E-state index contributed by atoms with van der Waals surface area (Å²) in [6.45, 7) is 0.834. The van der Waals surface area contributed by atoms with Crippen molar-refractivity contribution in [1.29, 1.82) is 0 Å². The fraction of sp³-hybridized carbons (Fsp3) is 0.357. The number of nitrogens with zero attached hydrogens (tertiary/aromatic N) is 2. The molecule has 1 aliphatic rings. The van der Waals surface area contributed by atoms with Gasteiger partial charge in [0.25, 0.3) is 0 Å². The normalized spacial score (nSPS) is 19.1. The molecule has 1 N–H and O–H groups in total. The van der Waals surface area contributed by atoms with E-state index in [4.69, 9.17) is 0 Å². The Labute approximate surface area is 118 Å². The standard InChI is InChI=1S/C14H13F4N3/c15-10-4-3-9(14(16,17)18)6-12(10)21-8-19-7-13(21)11-2-1-5-20-11/h3-4,6-8,11,20H,1-2,5H2. The highest BCUT2D eigenvalue weighted by molar-refractivity contribution is 5.40. The van der Waals surface area contributed by atoms with E-state index < -0.39 is 17.6 Å². The van der Waals surface area contributed by atoms with Crippen molar-refractivity contribution < 1.29 is 17.6 Å². The quantitative estimate of drug-likeness (QED) is 0.861. The van der Waals surface area contributed by atoms with Gasteiger partial charge in [-0.05, 0) is 37.6 Å². The van der Waals surface area contributed by atoms with Gasteiger partial charge in [0.1, 0.15) is 5.82 Å². The zero-order valence-electron chi connectivity index (χ0n) is 11.0. The lowest BCUT2D eigenvalue weighted by Crippen LogP contribution is -2.17. The van der Waals surface area contributed by atoms with Crippen molar-refractivity contribution in [2.45, 2.75) is 25.1 Å². The van der Waals surface area contributed by atoms with Crippen LogP contribution in [0.25, 0.3) is 5.69 Å². The van der Waals surface area contributed by atoms with E-state index in [0.717, 1.165) is 37.6 Å². The van der Waals surface area contributed by atoms with E-state index in [1.165, 1.54) is 10.9 Å². The monoisotopic (exact) mass is 299 g/mol. The third kappa shape index (κ3) is 2.65. The molecule has 1 atom stereocenters. The van der Waals surface area contributed by atoms with Crippen LogP contribution in [0, 0.1) is 5.82 Å². The molecule has 1 aromatic heterocycles. The highest BCUT2D eigenvalue weighted by Crippen LogP contribution is 2.32. The summed E-state index contributed by atoms with van der Waals surface area (Å²) in [5.41, 5.74) is -0.338. The summed E-state index contributed by atoms with van der Waals surface area (Å²) in [5, 5.41) is 3.23. The van der Waals surface area contributed by atoms with Crippen molar-refractivity contribution >= 4 is 0 Å².